The molecule has 0 aliphatic heterocycles. The zero-order valence-electron chi connectivity index (χ0n) is 10.5. The first-order valence-corrected chi connectivity index (χ1v) is 6.07. The van der Waals surface area contributed by atoms with Gasteiger partial charge in [-0.25, -0.2) is 0 Å². The van der Waals surface area contributed by atoms with Gasteiger partial charge in [-0.05, 0) is 37.9 Å². The van der Waals surface area contributed by atoms with Crippen LogP contribution in [0.1, 0.15) is 31.2 Å². The molecule has 0 amide bonds. The van der Waals surface area contributed by atoms with Crippen LogP contribution in [0.2, 0.25) is 0 Å². The number of hydrogen-bond donors (Lipinski definition) is 2. The monoisotopic (exact) mass is 234 g/mol. The summed E-state index contributed by atoms with van der Waals surface area (Å²) < 4.78 is 5.27. The summed E-state index contributed by atoms with van der Waals surface area (Å²) in [7, 11) is 1.67. The second-order valence-corrected chi connectivity index (χ2v) is 4.06. The Morgan fingerprint density at radius 1 is 1.24 bits per heavy atom. The van der Waals surface area contributed by atoms with Crippen molar-refractivity contribution in [2.24, 2.45) is 11.5 Å². The molecule has 0 heterocycles. The van der Waals surface area contributed by atoms with Gasteiger partial charge in [0.25, 0.3) is 0 Å². The molecule has 0 spiro atoms. The highest BCUT2D eigenvalue weighted by Crippen LogP contribution is 2.20. The molecule has 0 saturated carbocycles. The topological polar surface area (TPSA) is 61.3 Å². The molecule has 0 aliphatic carbocycles. The van der Waals surface area contributed by atoms with Crippen LogP contribution in [-0.2, 0) is 0 Å². The highest BCUT2D eigenvalue weighted by Gasteiger charge is 1.99. The van der Waals surface area contributed by atoms with Gasteiger partial charge in [0, 0.05) is 11.3 Å². The van der Waals surface area contributed by atoms with Crippen molar-refractivity contribution >= 4 is 6.08 Å². The molecule has 3 nitrogen and oxygen atoms in total. The van der Waals surface area contributed by atoms with Gasteiger partial charge in [0.1, 0.15) is 5.75 Å². The van der Waals surface area contributed by atoms with E-state index in [0.717, 1.165) is 49.2 Å². The van der Waals surface area contributed by atoms with Gasteiger partial charge in [0.05, 0.1) is 7.11 Å². The number of ether oxygens (including phenoxy) is 1. The first-order valence-electron chi connectivity index (χ1n) is 6.07. The third-order valence-corrected chi connectivity index (χ3v) is 2.65. The zero-order valence-corrected chi connectivity index (χ0v) is 10.5. The molecular weight excluding hydrogens is 212 g/mol. The number of benzene rings is 1. The second kappa shape index (κ2) is 7.74. The van der Waals surface area contributed by atoms with Gasteiger partial charge in [-0.2, -0.15) is 0 Å². The Morgan fingerprint density at radius 3 is 2.71 bits per heavy atom. The first kappa shape index (κ1) is 13.6. The van der Waals surface area contributed by atoms with E-state index in [4.69, 9.17) is 16.2 Å². The molecule has 4 N–H and O–H groups in total. The van der Waals surface area contributed by atoms with Crippen molar-refractivity contribution in [3.63, 3.8) is 0 Å². The summed E-state index contributed by atoms with van der Waals surface area (Å²) in [6.07, 6.45) is 6.20. The summed E-state index contributed by atoms with van der Waals surface area (Å²) >= 11 is 0. The molecule has 1 aromatic carbocycles. The molecule has 1 aromatic rings. The summed E-state index contributed by atoms with van der Waals surface area (Å²) in [4.78, 5) is 0. The fraction of sp³-hybridized carbons (Fsp3) is 0.429. The lowest BCUT2D eigenvalue weighted by atomic mass is 10.1. The summed E-state index contributed by atoms with van der Waals surface area (Å²) in [6, 6.07) is 7.88. The van der Waals surface area contributed by atoms with Crippen LogP contribution in [-0.4, -0.2) is 13.7 Å². The number of allylic oxidation sites excluding steroid dienone is 1. The van der Waals surface area contributed by atoms with Gasteiger partial charge in [0.2, 0.25) is 0 Å². The first-order chi connectivity index (χ1) is 8.27. The predicted molar refractivity (Wildman–Crippen MR) is 72.7 cm³/mol. The maximum absolute atomic E-state index is 5.99. The minimum Gasteiger partial charge on any atom is -0.496 e. The van der Waals surface area contributed by atoms with Crippen molar-refractivity contribution in [3.8, 4) is 5.75 Å². The van der Waals surface area contributed by atoms with Crippen LogP contribution in [0.5, 0.6) is 5.75 Å². The fourth-order valence-electron chi connectivity index (χ4n) is 1.71. The molecule has 1 rings (SSSR count). The lowest BCUT2D eigenvalue weighted by Crippen LogP contribution is -2.00. The van der Waals surface area contributed by atoms with Gasteiger partial charge < -0.3 is 16.2 Å². The molecule has 0 atom stereocenters. The number of unbranched alkanes of at least 4 members (excludes halogenated alkanes) is 2. The number of methoxy groups -OCH3 is 1. The average Bonchev–Trinajstić information content (AvgIpc) is 2.35. The van der Waals surface area contributed by atoms with Crippen molar-refractivity contribution < 1.29 is 4.74 Å². The Balaban J connectivity index is 2.54. The third kappa shape index (κ3) is 4.91. The van der Waals surface area contributed by atoms with Gasteiger partial charge in [-0.3, -0.25) is 0 Å². The SMILES string of the molecule is COc1ccccc1C=C(N)CCCCCN. The zero-order chi connectivity index (χ0) is 12.5. The Morgan fingerprint density at radius 2 is 2.00 bits per heavy atom. The molecular formula is C14H22N2O. The number of rotatable bonds is 7. The van der Waals surface area contributed by atoms with Gasteiger partial charge >= 0.3 is 0 Å². The molecule has 94 valence electrons. The Bertz CT molecular complexity index is 361. The van der Waals surface area contributed by atoms with Crippen molar-refractivity contribution in [2.75, 3.05) is 13.7 Å². The second-order valence-electron chi connectivity index (χ2n) is 4.06. The predicted octanol–water partition coefficient (Wildman–Crippen LogP) is 2.51. The van der Waals surface area contributed by atoms with Crippen LogP contribution in [0.4, 0.5) is 0 Å². The van der Waals surface area contributed by atoms with Crippen molar-refractivity contribution in [3.05, 3.63) is 35.5 Å². The minimum atomic E-state index is 0.760. The number of hydrogen-bond acceptors (Lipinski definition) is 3. The van der Waals surface area contributed by atoms with Crippen LogP contribution in [0.15, 0.2) is 30.0 Å². The van der Waals surface area contributed by atoms with Crippen molar-refractivity contribution in [1.82, 2.24) is 0 Å². The van der Waals surface area contributed by atoms with E-state index in [1.807, 2.05) is 30.3 Å². The van der Waals surface area contributed by atoms with Gasteiger partial charge in [0.15, 0.2) is 0 Å². The van der Waals surface area contributed by atoms with E-state index in [2.05, 4.69) is 0 Å². The van der Waals surface area contributed by atoms with Crippen LogP contribution >= 0.6 is 0 Å². The fourth-order valence-corrected chi connectivity index (χ4v) is 1.71. The number of para-hydroxylation sites is 1. The Labute approximate surface area is 103 Å². The van der Waals surface area contributed by atoms with Crippen LogP contribution in [0.25, 0.3) is 6.08 Å². The molecule has 0 aromatic heterocycles. The molecule has 0 aliphatic rings. The molecule has 0 unspecified atom stereocenters. The maximum atomic E-state index is 5.99. The lowest BCUT2D eigenvalue weighted by molar-refractivity contribution is 0.414. The summed E-state index contributed by atoms with van der Waals surface area (Å²) in [5.41, 5.74) is 13.4. The van der Waals surface area contributed by atoms with Crippen molar-refractivity contribution in [1.29, 1.82) is 0 Å². The van der Waals surface area contributed by atoms with E-state index in [0.29, 0.717) is 0 Å². The summed E-state index contributed by atoms with van der Waals surface area (Å²) in [6.45, 7) is 0.760. The molecule has 0 saturated heterocycles. The Hall–Kier alpha value is -1.48. The van der Waals surface area contributed by atoms with Crippen molar-refractivity contribution in [2.45, 2.75) is 25.7 Å². The van der Waals surface area contributed by atoms with Gasteiger partial charge in [-0.1, -0.05) is 24.6 Å². The van der Waals surface area contributed by atoms with Crippen LogP contribution in [0.3, 0.4) is 0 Å². The van der Waals surface area contributed by atoms with Crippen LogP contribution in [0, 0.1) is 0 Å². The number of nitrogens with two attached hydrogens (primary N) is 2. The van der Waals surface area contributed by atoms with E-state index in [9.17, 15) is 0 Å². The van der Waals surface area contributed by atoms with Gasteiger partial charge in [-0.15, -0.1) is 0 Å². The van der Waals surface area contributed by atoms with Crippen LogP contribution < -0.4 is 16.2 Å². The normalized spacial score (nSPS) is 11.5. The highest BCUT2D eigenvalue weighted by atomic mass is 16.5. The summed E-state index contributed by atoms with van der Waals surface area (Å²) in [5.74, 6) is 0.859. The summed E-state index contributed by atoms with van der Waals surface area (Å²) in [5, 5.41) is 0. The van der Waals surface area contributed by atoms with E-state index >= 15 is 0 Å². The molecule has 0 bridgehead atoms. The lowest BCUT2D eigenvalue weighted by Gasteiger charge is -2.06. The molecule has 3 heteroatoms. The Kier molecular flexibility index (Phi) is 6.18. The minimum absolute atomic E-state index is 0.760. The molecule has 17 heavy (non-hydrogen) atoms. The third-order valence-electron chi connectivity index (χ3n) is 2.65. The van der Waals surface area contributed by atoms with E-state index in [1.54, 1.807) is 7.11 Å². The molecule has 0 fully saturated rings. The average molecular weight is 234 g/mol. The largest absolute Gasteiger partial charge is 0.496 e. The quantitative estimate of drug-likeness (QED) is 0.713. The van der Waals surface area contributed by atoms with E-state index in [-0.39, 0.29) is 0 Å². The standard InChI is InChI=1S/C14H22N2O/c1-17-14-9-5-4-7-12(14)11-13(16)8-3-2-6-10-15/h4-5,7,9,11H,2-3,6,8,10,15-16H2,1H3. The maximum Gasteiger partial charge on any atom is 0.126 e. The van der Waals surface area contributed by atoms with E-state index in [1.165, 1.54) is 0 Å². The molecule has 0 radical (unpaired) electrons. The highest BCUT2D eigenvalue weighted by molar-refractivity contribution is 5.59. The van der Waals surface area contributed by atoms with E-state index < -0.39 is 0 Å². The smallest absolute Gasteiger partial charge is 0.126 e.